The van der Waals surface area contributed by atoms with Gasteiger partial charge >= 0.3 is 0 Å². The van der Waals surface area contributed by atoms with Gasteiger partial charge in [0.1, 0.15) is 0 Å². The molecule has 1 rings (SSSR count). The summed E-state index contributed by atoms with van der Waals surface area (Å²) >= 11 is 0. The average molecular weight is 171 g/mol. The SMILES string of the molecule is CCCC1CN(CC(C)CO)C1. The van der Waals surface area contributed by atoms with Crippen molar-refractivity contribution in [2.75, 3.05) is 26.2 Å². The second-order valence-corrected chi connectivity index (χ2v) is 4.16. The summed E-state index contributed by atoms with van der Waals surface area (Å²) < 4.78 is 0. The van der Waals surface area contributed by atoms with Crippen molar-refractivity contribution in [3.05, 3.63) is 0 Å². The van der Waals surface area contributed by atoms with E-state index in [2.05, 4.69) is 18.7 Å². The van der Waals surface area contributed by atoms with Crippen LogP contribution in [0.15, 0.2) is 0 Å². The minimum absolute atomic E-state index is 0.328. The maximum atomic E-state index is 8.85. The first-order valence-corrected chi connectivity index (χ1v) is 5.09. The Hall–Kier alpha value is -0.0800. The van der Waals surface area contributed by atoms with E-state index in [0.29, 0.717) is 12.5 Å². The molecule has 1 aliphatic heterocycles. The van der Waals surface area contributed by atoms with Crippen LogP contribution in [-0.4, -0.2) is 36.2 Å². The molecule has 2 nitrogen and oxygen atoms in total. The number of rotatable bonds is 5. The zero-order valence-corrected chi connectivity index (χ0v) is 8.29. The summed E-state index contributed by atoms with van der Waals surface area (Å²) in [5, 5.41) is 8.85. The van der Waals surface area contributed by atoms with Gasteiger partial charge in [-0.2, -0.15) is 0 Å². The monoisotopic (exact) mass is 171 g/mol. The number of hydrogen-bond donors (Lipinski definition) is 1. The quantitative estimate of drug-likeness (QED) is 0.675. The summed E-state index contributed by atoms with van der Waals surface area (Å²) in [5.74, 6) is 1.40. The molecule has 72 valence electrons. The molecular formula is C10H21NO. The van der Waals surface area contributed by atoms with E-state index in [9.17, 15) is 0 Å². The molecule has 0 saturated carbocycles. The molecule has 1 unspecified atom stereocenters. The molecule has 0 bridgehead atoms. The minimum Gasteiger partial charge on any atom is -0.396 e. The Morgan fingerprint density at radius 2 is 2.17 bits per heavy atom. The Morgan fingerprint density at radius 3 is 2.67 bits per heavy atom. The van der Waals surface area contributed by atoms with Gasteiger partial charge in [-0.3, -0.25) is 0 Å². The first-order chi connectivity index (χ1) is 5.76. The summed E-state index contributed by atoms with van der Waals surface area (Å²) in [6, 6.07) is 0. The fourth-order valence-electron chi connectivity index (χ4n) is 1.92. The van der Waals surface area contributed by atoms with Gasteiger partial charge in [-0.25, -0.2) is 0 Å². The number of hydrogen-bond acceptors (Lipinski definition) is 2. The Kier molecular flexibility index (Phi) is 4.02. The van der Waals surface area contributed by atoms with Crippen LogP contribution in [0.3, 0.4) is 0 Å². The highest BCUT2D eigenvalue weighted by Gasteiger charge is 2.26. The van der Waals surface area contributed by atoms with Gasteiger partial charge in [0.15, 0.2) is 0 Å². The molecule has 1 aliphatic rings. The summed E-state index contributed by atoms with van der Waals surface area (Å²) in [5.41, 5.74) is 0. The standard InChI is InChI=1S/C10H21NO/c1-3-4-10-6-11(7-10)5-9(2)8-12/h9-10,12H,3-8H2,1-2H3. The third-order valence-electron chi connectivity index (χ3n) is 2.61. The summed E-state index contributed by atoms with van der Waals surface area (Å²) in [4.78, 5) is 2.45. The number of aliphatic hydroxyl groups excluding tert-OH is 1. The summed E-state index contributed by atoms with van der Waals surface area (Å²) in [6.07, 6.45) is 2.69. The Labute approximate surface area is 75.6 Å². The predicted molar refractivity (Wildman–Crippen MR) is 51.1 cm³/mol. The van der Waals surface area contributed by atoms with Gasteiger partial charge in [0.05, 0.1) is 0 Å². The van der Waals surface area contributed by atoms with Crippen LogP contribution in [0.1, 0.15) is 26.7 Å². The van der Waals surface area contributed by atoms with E-state index in [-0.39, 0.29) is 0 Å². The van der Waals surface area contributed by atoms with Crippen molar-refractivity contribution in [3.63, 3.8) is 0 Å². The maximum Gasteiger partial charge on any atom is 0.0468 e. The van der Waals surface area contributed by atoms with Gasteiger partial charge in [-0.05, 0) is 18.3 Å². The van der Waals surface area contributed by atoms with E-state index in [1.54, 1.807) is 0 Å². The highest BCUT2D eigenvalue weighted by Crippen LogP contribution is 2.20. The average Bonchev–Trinajstić information content (AvgIpc) is 2.00. The van der Waals surface area contributed by atoms with E-state index >= 15 is 0 Å². The molecule has 0 spiro atoms. The van der Waals surface area contributed by atoms with Crippen LogP contribution < -0.4 is 0 Å². The molecule has 0 aromatic heterocycles. The van der Waals surface area contributed by atoms with Crippen molar-refractivity contribution in [2.45, 2.75) is 26.7 Å². The van der Waals surface area contributed by atoms with E-state index < -0.39 is 0 Å². The lowest BCUT2D eigenvalue weighted by molar-refractivity contribution is 0.0654. The topological polar surface area (TPSA) is 23.5 Å². The van der Waals surface area contributed by atoms with Crippen LogP contribution in [-0.2, 0) is 0 Å². The predicted octanol–water partition coefficient (Wildman–Crippen LogP) is 1.35. The lowest BCUT2D eigenvalue weighted by Gasteiger charge is -2.40. The highest BCUT2D eigenvalue weighted by molar-refractivity contribution is 4.80. The third kappa shape index (κ3) is 2.76. The van der Waals surface area contributed by atoms with Gasteiger partial charge in [0, 0.05) is 26.2 Å². The lowest BCUT2D eigenvalue weighted by atomic mass is 9.94. The van der Waals surface area contributed by atoms with Crippen LogP contribution in [0.5, 0.6) is 0 Å². The lowest BCUT2D eigenvalue weighted by Crippen LogP contribution is -2.48. The molecule has 0 aliphatic carbocycles. The highest BCUT2D eigenvalue weighted by atomic mass is 16.3. The molecule has 1 heterocycles. The van der Waals surface area contributed by atoms with Gasteiger partial charge in [0.2, 0.25) is 0 Å². The number of aliphatic hydroxyl groups is 1. The van der Waals surface area contributed by atoms with Crippen LogP contribution in [0, 0.1) is 11.8 Å². The minimum atomic E-state index is 0.328. The number of likely N-dealkylation sites (tertiary alicyclic amines) is 1. The second kappa shape index (κ2) is 4.83. The Balaban J connectivity index is 2.01. The largest absolute Gasteiger partial charge is 0.396 e. The molecule has 1 N–H and O–H groups in total. The first kappa shape index (κ1) is 10.0. The molecule has 12 heavy (non-hydrogen) atoms. The van der Waals surface area contributed by atoms with Crippen LogP contribution in [0.2, 0.25) is 0 Å². The molecule has 0 aromatic carbocycles. The van der Waals surface area contributed by atoms with E-state index in [1.807, 2.05) is 0 Å². The molecule has 0 radical (unpaired) electrons. The molecule has 1 atom stereocenters. The van der Waals surface area contributed by atoms with Crippen molar-refractivity contribution in [2.24, 2.45) is 11.8 Å². The van der Waals surface area contributed by atoms with Crippen molar-refractivity contribution >= 4 is 0 Å². The Bertz CT molecular complexity index is 121. The smallest absolute Gasteiger partial charge is 0.0468 e. The van der Waals surface area contributed by atoms with Crippen molar-refractivity contribution in [1.82, 2.24) is 4.90 Å². The molecule has 1 fully saturated rings. The van der Waals surface area contributed by atoms with Gasteiger partial charge in [0.25, 0.3) is 0 Å². The van der Waals surface area contributed by atoms with Crippen molar-refractivity contribution in [3.8, 4) is 0 Å². The van der Waals surface area contributed by atoms with E-state index in [4.69, 9.17) is 5.11 Å². The van der Waals surface area contributed by atoms with Crippen molar-refractivity contribution < 1.29 is 5.11 Å². The van der Waals surface area contributed by atoms with Gasteiger partial charge in [-0.15, -0.1) is 0 Å². The van der Waals surface area contributed by atoms with Gasteiger partial charge < -0.3 is 10.0 Å². The van der Waals surface area contributed by atoms with Crippen molar-refractivity contribution in [1.29, 1.82) is 0 Å². The second-order valence-electron chi connectivity index (χ2n) is 4.16. The Morgan fingerprint density at radius 1 is 1.50 bits per heavy atom. The zero-order valence-electron chi connectivity index (χ0n) is 8.29. The van der Waals surface area contributed by atoms with Crippen LogP contribution in [0.25, 0.3) is 0 Å². The van der Waals surface area contributed by atoms with Crippen LogP contribution in [0.4, 0.5) is 0 Å². The molecule has 1 saturated heterocycles. The molecule has 0 amide bonds. The fraction of sp³-hybridized carbons (Fsp3) is 1.00. The summed E-state index contributed by atoms with van der Waals surface area (Å²) in [6.45, 7) is 8.29. The maximum absolute atomic E-state index is 8.85. The molecule has 2 heteroatoms. The zero-order chi connectivity index (χ0) is 8.97. The van der Waals surface area contributed by atoms with E-state index in [0.717, 1.165) is 12.5 Å². The normalized spacial score (nSPS) is 22.2. The molecular weight excluding hydrogens is 150 g/mol. The first-order valence-electron chi connectivity index (χ1n) is 5.09. The van der Waals surface area contributed by atoms with Crippen LogP contribution >= 0.6 is 0 Å². The van der Waals surface area contributed by atoms with E-state index in [1.165, 1.54) is 25.9 Å². The van der Waals surface area contributed by atoms with Gasteiger partial charge in [-0.1, -0.05) is 20.3 Å². The summed E-state index contributed by atoms with van der Waals surface area (Å²) in [7, 11) is 0. The fourth-order valence-corrected chi connectivity index (χ4v) is 1.92. The number of nitrogens with zero attached hydrogens (tertiary/aromatic N) is 1. The third-order valence-corrected chi connectivity index (χ3v) is 2.61. The molecule has 0 aromatic rings.